The number of amides is 1. The Morgan fingerprint density at radius 2 is 1.26 bits per heavy atom. The molecule has 0 saturated carbocycles. The quantitative estimate of drug-likeness (QED) is 0.275. The van der Waals surface area contributed by atoms with Crippen molar-refractivity contribution in [3.05, 3.63) is 109 Å². The number of hydrogen-bond donors (Lipinski definition) is 0. The van der Waals surface area contributed by atoms with E-state index in [1.807, 2.05) is 89.8 Å². The minimum Gasteiger partial charge on any atom is -0.497 e. The fourth-order valence-corrected chi connectivity index (χ4v) is 4.95. The molecule has 5 aromatic rings. The summed E-state index contributed by atoms with van der Waals surface area (Å²) in [4.78, 5) is 15.6. The van der Waals surface area contributed by atoms with Crippen molar-refractivity contribution in [2.45, 2.75) is 0 Å². The monoisotopic (exact) mass is 457 g/mol. The third-order valence-electron chi connectivity index (χ3n) is 6.61. The van der Waals surface area contributed by atoms with E-state index in [1.54, 1.807) is 14.2 Å². The second kappa shape index (κ2) is 8.33. The van der Waals surface area contributed by atoms with Crippen LogP contribution in [0.15, 0.2) is 103 Å². The van der Waals surface area contributed by atoms with Crippen molar-refractivity contribution in [1.29, 1.82) is 0 Å². The number of nitrogens with zero attached hydrogens (tertiary/aromatic N) is 1. The summed E-state index contributed by atoms with van der Waals surface area (Å²) in [7, 11) is 3.33. The molecule has 1 aliphatic heterocycles. The molecular weight excluding hydrogens is 434 g/mol. The first-order valence-corrected chi connectivity index (χ1v) is 11.5. The van der Waals surface area contributed by atoms with Crippen LogP contribution in [-0.4, -0.2) is 20.1 Å². The van der Waals surface area contributed by atoms with Crippen molar-refractivity contribution in [3.8, 4) is 33.8 Å². The van der Waals surface area contributed by atoms with Gasteiger partial charge in [-0.15, -0.1) is 0 Å². The molecule has 0 spiro atoms. The van der Waals surface area contributed by atoms with Gasteiger partial charge >= 0.3 is 0 Å². The van der Waals surface area contributed by atoms with Crippen molar-refractivity contribution in [3.63, 3.8) is 0 Å². The Morgan fingerprint density at radius 3 is 1.89 bits per heavy atom. The fraction of sp³-hybridized carbons (Fsp3) is 0.0645. The maximum atomic E-state index is 13.8. The van der Waals surface area contributed by atoms with Crippen molar-refractivity contribution >= 4 is 28.1 Å². The number of para-hydroxylation sites is 1. The van der Waals surface area contributed by atoms with Crippen LogP contribution in [0.1, 0.15) is 10.4 Å². The van der Waals surface area contributed by atoms with Gasteiger partial charge in [0.15, 0.2) is 0 Å². The highest BCUT2D eigenvalue weighted by atomic mass is 16.5. The Bertz CT molecular complexity index is 1560. The predicted octanol–water partition coefficient (Wildman–Crippen LogP) is 7.48. The fourth-order valence-electron chi connectivity index (χ4n) is 4.95. The van der Waals surface area contributed by atoms with E-state index < -0.39 is 0 Å². The van der Waals surface area contributed by atoms with Crippen LogP contribution in [0, 0.1) is 0 Å². The van der Waals surface area contributed by atoms with Crippen LogP contribution in [0.2, 0.25) is 0 Å². The summed E-state index contributed by atoms with van der Waals surface area (Å²) in [5.41, 5.74) is 6.64. The summed E-state index contributed by atoms with van der Waals surface area (Å²) in [5, 5.41) is 2.02. The van der Waals surface area contributed by atoms with E-state index in [0.717, 1.165) is 55.9 Å². The van der Waals surface area contributed by atoms with E-state index in [1.165, 1.54) is 0 Å². The van der Waals surface area contributed by atoms with E-state index in [-0.39, 0.29) is 5.91 Å². The molecule has 0 unspecified atom stereocenters. The molecule has 170 valence electrons. The molecule has 6 rings (SSSR count). The summed E-state index contributed by atoms with van der Waals surface area (Å²) < 4.78 is 10.8. The van der Waals surface area contributed by atoms with Gasteiger partial charge in [0.1, 0.15) is 11.5 Å². The highest BCUT2D eigenvalue weighted by molar-refractivity contribution is 6.30. The summed E-state index contributed by atoms with van der Waals surface area (Å²) >= 11 is 0. The van der Waals surface area contributed by atoms with Gasteiger partial charge in [-0.05, 0) is 76.2 Å². The lowest BCUT2D eigenvalue weighted by atomic mass is 9.87. The molecule has 0 aromatic heterocycles. The normalized spacial score (nSPS) is 12.3. The second-order valence-corrected chi connectivity index (χ2v) is 8.48. The smallest absolute Gasteiger partial charge is 0.263 e. The molecule has 5 aromatic carbocycles. The Kier molecular flexibility index (Phi) is 5.00. The average Bonchev–Trinajstić information content (AvgIpc) is 3.21. The Morgan fingerprint density at radius 1 is 0.629 bits per heavy atom. The highest BCUT2D eigenvalue weighted by Crippen LogP contribution is 2.48. The number of carbonyl (C=O) groups excluding carboxylic acids is 1. The molecule has 0 fully saturated rings. The standard InChI is InChI=1S/C31H23NO3/c1-34-23-15-11-20(12-16-23)26-19-27-30-25(29(26)21-13-17-24(35-2)18-14-21)9-6-10-28(30)32(31(27)33)22-7-4-3-5-8-22/h3-19H,1-2H3. The van der Waals surface area contributed by atoms with Gasteiger partial charge in [-0.2, -0.15) is 0 Å². The highest BCUT2D eigenvalue weighted by Gasteiger charge is 2.33. The number of anilines is 2. The number of benzene rings is 5. The molecular formula is C31H23NO3. The number of carbonyl (C=O) groups is 1. The zero-order valence-electron chi connectivity index (χ0n) is 19.5. The van der Waals surface area contributed by atoms with Crippen molar-refractivity contribution in [1.82, 2.24) is 0 Å². The molecule has 4 heteroatoms. The molecule has 0 aliphatic carbocycles. The van der Waals surface area contributed by atoms with Gasteiger partial charge in [-0.25, -0.2) is 0 Å². The third-order valence-corrected chi connectivity index (χ3v) is 6.61. The van der Waals surface area contributed by atoms with Crippen molar-refractivity contribution in [2.75, 3.05) is 19.1 Å². The van der Waals surface area contributed by atoms with Gasteiger partial charge in [0.05, 0.1) is 25.5 Å². The molecule has 0 bridgehead atoms. The first-order valence-electron chi connectivity index (χ1n) is 11.5. The van der Waals surface area contributed by atoms with Crippen LogP contribution in [0.3, 0.4) is 0 Å². The summed E-state index contributed by atoms with van der Waals surface area (Å²) in [6, 6.07) is 34.1. The minimum atomic E-state index is -0.0153. The first-order chi connectivity index (χ1) is 17.2. The number of rotatable bonds is 5. The number of hydrogen-bond acceptors (Lipinski definition) is 3. The van der Waals surface area contributed by atoms with Gasteiger partial charge in [0.25, 0.3) is 5.91 Å². The largest absolute Gasteiger partial charge is 0.497 e. The summed E-state index contributed by atoms with van der Waals surface area (Å²) in [6.07, 6.45) is 0. The van der Waals surface area contributed by atoms with Gasteiger partial charge in [-0.1, -0.05) is 54.6 Å². The molecule has 0 atom stereocenters. The number of methoxy groups -OCH3 is 2. The van der Waals surface area contributed by atoms with E-state index in [4.69, 9.17) is 9.47 Å². The number of ether oxygens (including phenoxy) is 2. The SMILES string of the molecule is COc1ccc(-c2cc3c4c(cccc4c2-c2ccc(OC)cc2)N(c2ccccc2)C3=O)cc1. The molecule has 1 amide bonds. The Balaban J connectivity index is 1.66. The molecule has 4 nitrogen and oxygen atoms in total. The van der Waals surface area contributed by atoms with Gasteiger partial charge in [0, 0.05) is 11.1 Å². The average molecular weight is 458 g/mol. The zero-order valence-corrected chi connectivity index (χ0v) is 19.5. The lowest BCUT2D eigenvalue weighted by Gasteiger charge is -2.17. The lowest BCUT2D eigenvalue weighted by Crippen LogP contribution is -2.20. The Hall–Kier alpha value is -4.57. The lowest BCUT2D eigenvalue weighted by molar-refractivity contribution is 0.100. The van der Waals surface area contributed by atoms with Crippen LogP contribution >= 0.6 is 0 Å². The van der Waals surface area contributed by atoms with Crippen LogP contribution in [0.25, 0.3) is 33.0 Å². The van der Waals surface area contributed by atoms with E-state index in [2.05, 4.69) is 18.2 Å². The van der Waals surface area contributed by atoms with Gasteiger partial charge in [-0.3, -0.25) is 9.69 Å². The first kappa shape index (κ1) is 21.0. The third kappa shape index (κ3) is 3.34. The Labute approximate surface area is 204 Å². The van der Waals surface area contributed by atoms with Crippen LogP contribution in [0.4, 0.5) is 11.4 Å². The molecule has 0 N–H and O–H groups in total. The predicted molar refractivity (Wildman–Crippen MR) is 141 cm³/mol. The second-order valence-electron chi connectivity index (χ2n) is 8.48. The van der Waals surface area contributed by atoms with Crippen LogP contribution in [0.5, 0.6) is 11.5 Å². The maximum Gasteiger partial charge on any atom is 0.263 e. The van der Waals surface area contributed by atoms with Crippen LogP contribution < -0.4 is 14.4 Å². The van der Waals surface area contributed by atoms with Crippen molar-refractivity contribution in [2.24, 2.45) is 0 Å². The van der Waals surface area contributed by atoms with E-state index in [0.29, 0.717) is 5.56 Å². The molecule has 1 heterocycles. The summed E-state index contributed by atoms with van der Waals surface area (Å²) in [6.45, 7) is 0. The van der Waals surface area contributed by atoms with Gasteiger partial charge in [0.2, 0.25) is 0 Å². The summed E-state index contributed by atoms with van der Waals surface area (Å²) in [5.74, 6) is 1.58. The zero-order chi connectivity index (χ0) is 23.9. The van der Waals surface area contributed by atoms with Crippen molar-refractivity contribution < 1.29 is 14.3 Å². The maximum absolute atomic E-state index is 13.8. The van der Waals surface area contributed by atoms with Gasteiger partial charge < -0.3 is 9.47 Å². The van der Waals surface area contributed by atoms with Crippen LogP contribution in [-0.2, 0) is 0 Å². The molecule has 0 radical (unpaired) electrons. The topological polar surface area (TPSA) is 38.8 Å². The molecule has 1 aliphatic rings. The van der Waals surface area contributed by atoms with E-state index >= 15 is 0 Å². The molecule has 35 heavy (non-hydrogen) atoms. The molecule has 0 saturated heterocycles. The minimum absolute atomic E-state index is 0.0153. The van der Waals surface area contributed by atoms with E-state index in [9.17, 15) is 4.79 Å².